The SMILES string of the molecule is O=C(c1cc(F)cc(Br)c1)N1CCCN(CC2CCCCC2)CC1. The first kappa shape index (κ1) is 17.9. The molecule has 0 unspecified atom stereocenters. The van der Waals surface area contributed by atoms with E-state index in [1.165, 1.54) is 50.8 Å². The molecule has 0 radical (unpaired) electrons. The van der Waals surface area contributed by atoms with E-state index in [-0.39, 0.29) is 11.7 Å². The highest BCUT2D eigenvalue weighted by Gasteiger charge is 2.23. The lowest BCUT2D eigenvalue weighted by Gasteiger charge is -2.28. The minimum atomic E-state index is -0.374. The van der Waals surface area contributed by atoms with Crippen molar-refractivity contribution in [1.29, 1.82) is 0 Å². The third kappa shape index (κ3) is 4.79. The summed E-state index contributed by atoms with van der Waals surface area (Å²) in [5, 5.41) is 0. The number of carbonyl (C=O) groups is 1. The van der Waals surface area contributed by atoms with Gasteiger partial charge in [0.15, 0.2) is 0 Å². The van der Waals surface area contributed by atoms with E-state index < -0.39 is 0 Å². The van der Waals surface area contributed by atoms with Crippen LogP contribution < -0.4 is 0 Å². The van der Waals surface area contributed by atoms with Gasteiger partial charge in [0.05, 0.1) is 0 Å². The van der Waals surface area contributed by atoms with Crippen molar-refractivity contribution in [2.24, 2.45) is 5.92 Å². The third-order valence-corrected chi connectivity index (χ3v) is 5.68. The first-order valence-electron chi connectivity index (χ1n) is 9.09. The summed E-state index contributed by atoms with van der Waals surface area (Å²) in [6, 6.07) is 4.42. The van der Waals surface area contributed by atoms with Crippen molar-refractivity contribution in [3.05, 3.63) is 34.1 Å². The Kier molecular flexibility index (Phi) is 6.28. The molecule has 132 valence electrons. The number of benzene rings is 1. The molecule has 5 heteroatoms. The summed E-state index contributed by atoms with van der Waals surface area (Å²) in [6.07, 6.45) is 7.85. The van der Waals surface area contributed by atoms with Crippen LogP contribution in [0.2, 0.25) is 0 Å². The van der Waals surface area contributed by atoms with E-state index in [1.807, 2.05) is 4.90 Å². The van der Waals surface area contributed by atoms with E-state index in [2.05, 4.69) is 20.8 Å². The van der Waals surface area contributed by atoms with Crippen molar-refractivity contribution in [2.75, 3.05) is 32.7 Å². The van der Waals surface area contributed by atoms with Gasteiger partial charge in [-0.25, -0.2) is 4.39 Å². The highest BCUT2D eigenvalue weighted by atomic mass is 79.9. The Hall–Kier alpha value is -0.940. The number of nitrogens with zero attached hydrogens (tertiary/aromatic N) is 2. The average molecular weight is 397 g/mol. The van der Waals surface area contributed by atoms with Crippen LogP contribution in [-0.4, -0.2) is 48.4 Å². The molecule has 2 aliphatic rings. The quantitative estimate of drug-likeness (QED) is 0.759. The molecule has 1 aliphatic carbocycles. The normalized spacial score (nSPS) is 20.8. The first-order valence-corrected chi connectivity index (χ1v) is 9.89. The van der Waals surface area contributed by atoms with Gasteiger partial charge in [0, 0.05) is 36.2 Å². The zero-order valence-electron chi connectivity index (χ0n) is 14.1. The zero-order valence-corrected chi connectivity index (χ0v) is 15.7. The van der Waals surface area contributed by atoms with Crippen LogP contribution in [0.25, 0.3) is 0 Å². The summed E-state index contributed by atoms with van der Waals surface area (Å²) in [7, 11) is 0. The first-order chi connectivity index (χ1) is 11.6. The van der Waals surface area contributed by atoms with Crippen molar-refractivity contribution >= 4 is 21.8 Å². The molecule has 0 spiro atoms. The van der Waals surface area contributed by atoms with Crippen molar-refractivity contribution in [3.63, 3.8) is 0 Å². The molecule has 2 fully saturated rings. The van der Waals surface area contributed by atoms with Crippen LogP contribution in [0.4, 0.5) is 4.39 Å². The Labute approximate surface area is 152 Å². The number of rotatable bonds is 3. The van der Waals surface area contributed by atoms with Crippen LogP contribution in [0.5, 0.6) is 0 Å². The van der Waals surface area contributed by atoms with Crippen molar-refractivity contribution in [1.82, 2.24) is 9.80 Å². The number of hydrogen-bond acceptors (Lipinski definition) is 2. The van der Waals surface area contributed by atoms with Crippen molar-refractivity contribution in [2.45, 2.75) is 38.5 Å². The molecule has 24 heavy (non-hydrogen) atoms. The smallest absolute Gasteiger partial charge is 0.254 e. The fourth-order valence-corrected chi connectivity index (χ4v) is 4.42. The topological polar surface area (TPSA) is 23.6 Å². The molecule has 3 nitrogen and oxygen atoms in total. The molecule has 1 aromatic rings. The second-order valence-electron chi connectivity index (χ2n) is 7.11. The molecule has 1 aromatic carbocycles. The van der Waals surface area contributed by atoms with Gasteiger partial charge in [-0.3, -0.25) is 4.79 Å². The van der Waals surface area contributed by atoms with Gasteiger partial charge in [0.2, 0.25) is 0 Å². The largest absolute Gasteiger partial charge is 0.337 e. The maximum absolute atomic E-state index is 13.5. The van der Waals surface area contributed by atoms with Crippen molar-refractivity contribution < 1.29 is 9.18 Å². The number of hydrogen-bond donors (Lipinski definition) is 0. The summed E-state index contributed by atoms with van der Waals surface area (Å²) in [4.78, 5) is 17.1. The summed E-state index contributed by atoms with van der Waals surface area (Å²) in [6.45, 7) is 4.66. The molecule has 1 saturated heterocycles. The van der Waals surface area contributed by atoms with Gasteiger partial charge in [-0.1, -0.05) is 35.2 Å². The Bertz CT molecular complexity index is 554. The van der Waals surface area contributed by atoms with Gasteiger partial charge < -0.3 is 9.80 Å². The second kappa shape index (κ2) is 8.43. The zero-order chi connectivity index (χ0) is 16.9. The monoisotopic (exact) mass is 396 g/mol. The van der Waals surface area contributed by atoms with Gasteiger partial charge in [-0.15, -0.1) is 0 Å². The van der Waals surface area contributed by atoms with E-state index in [4.69, 9.17) is 0 Å². The summed E-state index contributed by atoms with van der Waals surface area (Å²) >= 11 is 3.27. The van der Waals surface area contributed by atoms with E-state index >= 15 is 0 Å². The standard InChI is InChI=1S/C19H26BrFN2O/c20-17-11-16(12-18(21)13-17)19(24)23-8-4-7-22(9-10-23)14-15-5-2-1-3-6-15/h11-13,15H,1-10,14H2. The molecule has 1 heterocycles. The maximum Gasteiger partial charge on any atom is 0.254 e. The lowest BCUT2D eigenvalue weighted by atomic mass is 9.89. The van der Waals surface area contributed by atoms with E-state index in [9.17, 15) is 9.18 Å². The van der Waals surface area contributed by atoms with Crippen LogP contribution in [-0.2, 0) is 0 Å². The molecule has 0 aromatic heterocycles. The Balaban J connectivity index is 1.57. The lowest BCUT2D eigenvalue weighted by Crippen LogP contribution is -2.37. The summed E-state index contributed by atoms with van der Waals surface area (Å²) in [5.41, 5.74) is 0.433. The van der Waals surface area contributed by atoms with Crippen molar-refractivity contribution in [3.8, 4) is 0 Å². The van der Waals surface area contributed by atoms with Crippen LogP contribution in [0.1, 0.15) is 48.9 Å². The fourth-order valence-electron chi connectivity index (χ4n) is 3.95. The molecular formula is C19H26BrFN2O. The summed E-state index contributed by atoms with van der Waals surface area (Å²) in [5.74, 6) is 0.399. The van der Waals surface area contributed by atoms with Gasteiger partial charge in [0.25, 0.3) is 5.91 Å². The number of carbonyl (C=O) groups excluding carboxylic acids is 1. The molecule has 0 bridgehead atoms. The predicted molar refractivity (Wildman–Crippen MR) is 97.6 cm³/mol. The average Bonchev–Trinajstić information content (AvgIpc) is 2.80. The molecule has 0 N–H and O–H groups in total. The molecule has 1 saturated carbocycles. The molecular weight excluding hydrogens is 371 g/mol. The molecule has 1 aliphatic heterocycles. The van der Waals surface area contributed by atoms with Gasteiger partial charge >= 0.3 is 0 Å². The highest BCUT2D eigenvalue weighted by Crippen LogP contribution is 2.25. The minimum absolute atomic E-state index is 0.0604. The molecule has 0 atom stereocenters. The van der Waals surface area contributed by atoms with Crippen LogP contribution in [0, 0.1) is 11.7 Å². The number of halogens is 2. The molecule has 3 rings (SSSR count). The lowest BCUT2D eigenvalue weighted by molar-refractivity contribution is 0.0759. The van der Waals surface area contributed by atoms with Crippen LogP contribution in [0.3, 0.4) is 0 Å². The predicted octanol–water partition coefficient (Wildman–Crippen LogP) is 4.32. The van der Waals surface area contributed by atoms with E-state index in [1.54, 1.807) is 6.07 Å². The molecule has 1 amide bonds. The second-order valence-corrected chi connectivity index (χ2v) is 8.02. The number of amides is 1. The van der Waals surface area contributed by atoms with Crippen LogP contribution >= 0.6 is 15.9 Å². The highest BCUT2D eigenvalue weighted by molar-refractivity contribution is 9.10. The van der Waals surface area contributed by atoms with Gasteiger partial charge in [0.1, 0.15) is 5.82 Å². The Morgan fingerprint density at radius 1 is 1.04 bits per heavy atom. The van der Waals surface area contributed by atoms with Crippen LogP contribution in [0.15, 0.2) is 22.7 Å². The fraction of sp³-hybridized carbons (Fsp3) is 0.632. The summed E-state index contributed by atoms with van der Waals surface area (Å²) < 4.78 is 14.2. The minimum Gasteiger partial charge on any atom is -0.337 e. The Morgan fingerprint density at radius 3 is 2.58 bits per heavy atom. The van der Waals surface area contributed by atoms with E-state index in [0.29, 0.717) is 10.0 Å². The van der Waals surface area contributed by atoms with Gasteiger partial charge in [-0.05, 0) is 49.9 Å². The maximum atomic E-state index is 13.5. The van der Waals surface area contributed by atoms with Gasteiger partial charge in [-0.2, -0.15) is 0 Å². The van der Waals surface area contributed by atoms with E-state index in [0.717, 1.165) is 38.5 Å². The third-order valence-electron chi connectivity index (χ3n) is 5.23. The Morgan fingerprint density at radius 2 is 1.83 bits per heavy atom.